The SMILES string of the molecule is CN(C)C(CN)c1ccccc1OC(F)F. The predicted octanol–water partition coefficient (Wildman–Crippen LogP) is 1.85. The minimum absolute atomic E-state index is 0.130. The summed E-state index contributed by atoms with van der Waals surface area (Å²) in [6, 6.07) is 6.57. The number of para-hydroxylation sites is 1. The van der Waals surface area contributed by atoms with E-state index in [2.05, 4.69) is 4.74 Å². The van der Waals surface area contributed by atoms with Crippen molar-refractivity contribution in [3.05, 3.63) is 29.8 Å². The van der Waals surface area contributed by atoms with Crippen molar-refractivity contribution >= 4 is 0 Å². The lowest BCUT2D eigenvalue weighted by Gasteiger charge is -2.25. The van der Waals surface area contributed by atoms with Crippen LogP contribution in [0.25, 0.3) is 0 Å². The molecule has 90 valence electrons. The number of halogens is 2. The van der Waals surface area contributed by atoms with Gasteiger partial charge in [-0.2, -0.15) is 8.78 Å². The van der Waals surface area contributed by atoms with E-state index < -0.39 is 6.61 Å². The fourth-order valence-electron chi connectivity index (χ4n) is 1.58. The molecule has 1 aromatic carbocycles. The summed E-state index contributed by atoms with van der Waals surface area (Å²) in [5.41, 5.74) is 6.30. The molecule has 0 heterocycles. The highest BCUT2D eigenvalue weighted by Gasteiger charge is 2.18. The van der Waals surface area contributed by atoms with Crippen LogP contribution in [0.4, 0.5) is 8.78 Å². The van der Waals surface area contributed by atoms with Crippen molar-refractivity contribution in [3.63, 3.8) is 0 Å². The van der Waals surface area contributed by atoms with Crippen LogP contribution >= 0.6 is 0 Å². The Morgan fingerprint density at radius 3 is 2.44 bits per heavy atom. The molecule has 0 aromatic heterocycles. The summed E-state index contributed by atoms with van der Waals surface area (Å²) in [7, 11) is 3.69. The molecule has 0 saturated carbocycles. The molecular weight excluding hydrogens is 214 g/mol. The van der Waals surface area contributed by atoms with Gasteiger partial charge in [-0.15, -0.1) is 0 Å². The molecule has 2 N–H and O–H groups in total. The monoisotopic (exact) mass is 230 g/mol. The normalized spacial score (nSPS) is 13.2. The van der Waals surface area contributed by atoms with Crippen LogP contribution in [0.15, 0.2) is 24.3 Å². The van der Waals surface area contributed by atoms with Crippen LogP contribution in [0.2, 0.25) is 0 Å². The van der Waals surface area contributed by atoms with Gasteiger partial charge in [0.25, 0.3) is 0 Å². The van der Waals surface area contributed by atoms with E-state index in [0.717, 1.165) is 0 Å². The molecule has 0 saturated heterocycles. The van der Waals surface area contributed by atoms with Crippen molar-refractivity contribution in [1.29, 1.82) is 0 Å². The average molecular weight is 230 g/mol. The summed E-state index contributed by atoms with van der Waals surface area (Å²) in [5.74, 6) is 0.182. The van der Waals surface area contributed by atoms with Gasteiger partial charge in [-0.25, -0.2) is 0 Å². The van der Waals surface area contributed by atoms with Crippen molar-refractivity contribution < 1.29 is 13.5 Å². The van der Waals surface area contributed by atoms with Crippen molar-refractivity contribution in [2.75, 3.05) is 20.6 Å². The Hall–Kier alpha value is -1.20. The zero-order valence-corrected chi connectivity index (χ0v) is 9.36. The highest BCUT2D eigenvalue weighted by Crippen LogP contribution is 2.28. The van der Waals surface area contributed by atoms with Gasteiger partial charge in [-0.05, 0) is 20.2 Å². The molecule has 0 bridgehead atoms. The second-order valence-corrected chi connectivity index (χ2v) is 3.63. The third-order valence-electron chi connectivity index (χ3n) is 2.34. The lowest BCUT2D eigenvalue weighted by Crippen LogP contribution is -2.27. The third kappa shape index (κ3) is 3.15. The first-order valence-electron chi connectivity index (χ1n) is 4.96. The lowest BCUT2D eigenvalue weighted by molar-refractivity contribution is -0.0510. The molecule has 1 aromatic rings. The van der Waals surface area contributed by atoms with Crippen LogP contribution < -0.4 is 10.5 Å². The molecule has 16 heavy (non-hydrogen) atoms. The van der Waals surface area contributed by atoms with Crippen LogP contribution in [0.1, 0.15) is 11.6 Å². The van der Waals surface area contributed by atoms with Crippen LogP contribution in [0, 0.1) is 0 Å². The maximum absolute atomic E-state index is 12.2. The first-order chi connectivity index (χ1) is 7.56. The van der Waals surface area contributed by atoms with Crippen LogP contribution in [-0.4, -0.2) is 32.2 Å². The maximum atomic E-state index is 12.2. The van der Waals surface area contributed by atoms with Crippen molar-refractivity contribution in [2.45, 2.75) is 12.7 Å². The van der Waals surface area contributed by atoms with Crippen LogP contribution in [0.3, 0.4) is 0 Å². The summed E-state index contributed by atoms with van der Waals surface area (Å²) in [6.07, 6.45) is 0. The zero-order chi connectivity index (χ0) is 12.1. The van der Waals surface area contributed by atoms with Gasteiger partial charge < -0.3 is 15.4 Å². The summed E-state index contributed by atoms with van der Waals surface area (Å²) in [4.78, 5) is 1.87. The van der Waals surface area contributed by atoms with Crippen LogP contribution in [0.5, 0.6) is 5.75 Å². The topological polar surface area (TPSA) is 38.5 Å². The van der Waals surface area contributed by atoms with Gasteiger partial charge in [0.1, 0.15) is 5.75 Å². The van der Waals surface area contributed by atoms with Gasteiger partial charge in [0.05, 0.1) is 6.04 Å². The van der Waals surface area contributed by atoms with Crippen molar-refractivity contribution in [2.24, 2.45) is 5.73 Å². The van der Waals surface area contributed by atoms with Crippen molar-refractivity contribution in [1.82, 2.24) is 4.90 Å². The van der Waals surface area contributed by atoms with Gasteiger partial charge in [0.2, 0.25) is 0 Å². The molecule has 0 aliphatic rings. The minimum atomic E-state index is -2.82. The second-order valence-electron chi connectivity index (χ2n) is 3.63. The Bertz CT molecular complexity index is 332. The molecule has 3 nitrogen and oxygen atoms in total. The predicted molar refractivity (Wildman–Crippen MR) is 58.6 cm³/mol. The standard InChI is InChI=1S/C11H16F2N2O/c1-15(2)9(7-14)8-5-3-4-6-10(8)16-11(12)13/h3-6,9,11H,7,14H2,1-2H3. The molecule has 1 unspecified atom stereocenters. The molecule has 0 aliphatic carbocycles. The van der Waals surface area contributed by atoms with E-state index in [0.29, 0.717) is 12.1 Å². The van der Waals surface area contributed by atoms with E-state index in [1.807, 2.05) is 19.0 Å². The van der Waals surface area contributed by atoms with E-state index in [9.17, 15) is 8.78 Å². The number of rotatable bonds is 5. The van der Waals surface area contributed by atoms with E-state index in [1.54, 1.807) is 18.2 Å². The maximum Gasteiger partial charge on any atom is 0.387 e. The second kappa shape index (κ2) is 5.77. The summed E-state index contributed by atoms with van der Waals surface area (Å²) < 4.78 is 28.9. The van der Waals surface area contributed by atoms with E-state index in [1.165, 1.54) is 6.07 Å². The highest BCUT2D eigenvalue weighted by molar-refractivity contribution is 5.36. The minimum Gasteiger partial charge on any atom is -0.434 e. The van der Waals surface area contributed by atoms with Crippen molar-refractivity contribution in [3.8, 4) is 5.75 Å². The van der Waals surface area contributed by atoms with Gasteiger partial charge in [-0.3, -0.25) is 0 Å². The Morgan fingerprint density at radius 2 is 1.94 bits per heavy atom. The fourth-order valence-corrected chi connectivity index (χ4v) is 1.58. The number of hydrogen-bond acceptors (Lipinski definition) is 3. The number of nitrogens with two attached hydrogens (primary N) is 1. The van der Waals surface area contributed by atoms with E-state index >= 15 is 0 Å². The van der Waals surface area contributed by atoms with Gasteiger partial charge >= 0.3 is 6.61 Å². The number of benzene rings is 1. The van der Waals surface area contributed by atoms with Gasteiger partial charge in [0.15, 0.2) is 0 Å². The average Bonchev–Trinajstić information content (AvgIpc) is 2.20. The molecule has 0 spiro atoms. The Labute approximate surface area is 93.8 Å². The number of nitrogens with zero attached hydrogens (tertiary/aromatic N) is 1. The number of likely N-dealkylation sites (N-methyl/N-ethyl adjacent to an activating group) is 1. The molecule has 0 radical (unpaired) electrons. The van der Waals surface area contributed by atoms with E-state index in [4.69, 9.17) is 5.73 Å². The van der Waals surface area contributed by atoms with Crippen LogP contribution in [-0.2, 0) is 0 Å². The Kier molecular flexibility index (Phi) is 4.64. The molecule has 0 fully saturated rings. The Balaban J connectivity index is 3.01. The summed E-state index contributed by atoms with van der Waals surface area (Å²) in [5, 5.41) is 0. The fraction of sp³-hybridized carbons (Fsp3) is 0.455. The van der Waals surface area contributed by atoms with Gasteiger partial charge in [0, 0.05) is 12.1 Å². The van der Waals surface area contributed by atoms with E-state index in [-0.39, 0.29) is 11.8 Å². The first kappa shape index (κ1) is 12.9. The molecule has 0 aliphatic heterocycles. The first-order valence-corrected chi connectivity index (χ1v) is 4.96. The number of ether oxygens (including phenoxy) is 1. The number of hydrogen-bond donors (Lipinski definition) is 1. The van der Waals surface area contributed by atoms with Gasteiger partial charge in [-0.1, -0.05) is 18.2 Å². The zero-order valence-electron chi connectivity index (χ0n) is 9.36. The lowest BCUT2D eigenvalue weighted by atomic mass is 10.1. The molecular formula is C11H16F2N2O. The Morgan fingerprint density at radius 1 is 1.31 bits per heavy atom. The molecule has 1 atom stereocenters. The number of alkyl halides is 2. The highest BCUT2D eigenvalue weighted by atomic mass is 19.3. The molecule has 1 rings (SSSR count). The smallest absolute Gasteiger partial charge is 0.387 e. The molecule has 5 heteroatoms. The molecule has 0 amide bonds. The summed E-state index contributed by atoms with van der Waals surface area (Å²) in [6.45, 7) is -2.47. The quantitative estimate of drug-likeness (QED) is 0.839. The summed E-state index contributed by atoms with van der Waals surface area (Å²) >= 11 is 0. The third-order valence-corrected chi connectivity index (χ3v) is 2.34. The largest absolute Gasteiger partial charge is 0.434 e.